The third-order valence-corrected chi connectivity index (χ3v) is 5.47. The molecular weight excluding hydrogens is 308 g/mol. The van der Waals surface area contributed by atoms with Gasteiger partial charge in [-0.2, -0.15) is 5.10 Å². The van der Waals surface area contributed by atoms with Crippen LogP contribution in [0.15, 0.2) is 12.3 Å². The van der Waals surface area contributed by atoms with Gasteiger partial charge in [0.05, 0.1) is 18.6 Å². The fourth-order valence-electron chi connectivity index (χ4n) is 4.26. The van der Waals surface area contributed by atoms with Crippen molar-refractivity contribution < 1.29 is 14.3 Å². The van der Waals surface area contributed by atoms with Crippen LogP contribution in [0.4, 0.5) is 0 Å². The highest BCUT2D eigenvalue weighted by Gasteiger charge is 2.56. The Kier molecular flexibility index (Phi) is 4.89. The molecular formula is C17H26N4O3. The van der Waals surface area contributed by atoms with E-state index in [1.165, 1.54) is 7.11 Å². The second-order valence-electron chi connectivity index (χ2n) is 6.79. The van der Waals surface area contributed by atoms with Crippen LogP contribution < -0.4 is 0 Å². The molecule has 7 nitrogen and oxygen atoms in total. The van der Waals surface area contributed by atoms with Crippen molar-refractivity contribution in [3.05, 3.63) is 18.0 Å². The molecule has 24 heavy (non-hydrogen) atoms. The molecule has 1 aromatic rings. The molecule has 7 heteroatoms. The second kappa shape index (κ2) is 6.93. The molecule has 0 aliphatic carbocycles. The summed E-state index contributed by atoms with van der Waals surface area (Å²) in [6, 6.07) is 1.98. The summed E-state index contributed by atoms with van der Waals surface area (Å²) in [7, 11) is 1.41. The van der Waals surface area contributed by atoms with Crippen molar-refractivity contribution in [2.45, 2.75) is 44.7 Å². The molecule has 2 aliphatic heterocycles. The van der Waals surface area contributed by atoms with Gasteiger partial charge in [0.2, 0.25) is 5.91 Å². The maximum atomic E-state index is 12.5. The van der Waals surface area contributed by atoms with E-state index in [9.17, 15) is 9.59 Å². The number of nitrogens with one attached hydrogen (secondary N) is 1. The molecule has 2 fully saturated rings. The molecule has 2 saturated heterocycles. The van der Waals surface area contributed by atoms with Gasteiger partial charge in [0.25, 0.3) is 0 Å². The van der Waals surface area contributed by atoms with Crippen molar-refractivity contribution in [1.82, 2.24) is 20.0 Å². The Bertz CT molecular complexity index is 579. The molecule has 3 rings (SSSR count). The number of piperidine rings is 1. The lowest BCUT2D eigenvalue weighted by molar-refractivity contribution is -0.150. The van der Waals surface area contributed by atoms with E-state index in [4.69, 9.17) is 4.74 Å². The Morgan fingerprint density at radius 3 is 2.79 bits per heavy atom. The Balaban J connectivity index is 1.75. The monoisotopic (exact) mass is 334 g/mol. The van der Waals surface area contributed by atoms with E-state index in [2.05, 4.69) is 22.0 Å². The molecule has 1 N–H and O–H groups in total. The molecule has 1 atom stereocenters. The maximum absolute atomic E-state index is 12.5. The molecule has 1 amide bonds. The minimum absolute atomic E-state index is 0.0919. The van der Waals surface area contributed by atoms with E-state index in [1.807, 2.05) is 11.0 Å². The number of ether oxygens (including phenoxy) is 1. The number of carbonyl (C=O) groups is 2. The number of hydrogen-bond donors (Lipinski definition) is 1. The van der Waals surface area contributed by atoms with Crippen LogP contribution in [0.1, 0.15) is 38.3 Å². The lowest BCUT2D eigenvalue weighted by Crippen LogP contribution is -2.57. The molecule has 0 aromatic carbocycles. The minimum Gasteiger partial charge on any atom is -0.469 e. The van der Waals surface area contributed by atoms with E-state index >= 15 is 0 Å². The first-order chi connectivity index (χ1) is 11.6. The van der Waals surface area contributed by atoms with Crippen LogP contribution in [0.25, 0.3) is 0 Å². The zero-order chi connectivity index (χ0) is 17.2. The molecule has 1 unspecified atom stereocenters. The molecule has 3 heterocycles. The van der Waals surface area contributed by atoms with E-state index < -0.39 is 0 Å². The smallest absolute Gasteiger partial charge is 0.311 e. The zero-order valence-corrected chi connectivity index (χ0v) is 14.5. The van der Waals surface area contributed by atoms with E-state index in [0.29, 0.717) is 6.54 Å². The van der Waals surface area contributed by atoms with Gasteiger partial charge >= 0.3 is 5.97 Å². The number of nitrogens with zero attached hydrogens (tertiary/aromatic N) is 3. The average molecular weight is 334 g/mol. The van der Waals surface area contributed by atoms with Crippen LogP contribution in [-0.4, -0.2) is 64.2 Å². The number of amides is 1. The maximum Gasteiger partial charge on any atom is 0.311 e. The Morgan fingerprint density at radius 2 is 2.21 bits per heavy atom. The number of hydrogen-bond acceptors (Lipinski definition) is 5. The predicted molar refractivity (Wildman–Crippen MR) is 88.0 cm³/mol. The Hall–Kier alpha value is -1.89. The number of likely N-dealkylation sites (tertiary alicyclic amines) is 2. The number of H-pyrrole nitrogens is 1. The number of carbonyl (C=O) groups excluding carboxylic acids is 2. The standard InChI is InChI=1S/C17H26N4O3/c1-3-8-21-15(22)11-14(16(23)24-2)17(21)5-9-20(10-6-17)12-13-4-7-18-19-13/h4,7,14H,3,5-6,8-12H2,1-2H3,(H,18,19). The van der Waals surface area contributed by atoms with Gasteiger partial charge in [-0.25, -0.2) is 0 Å². The van der Waals surface area contributed by atoms with Crippen LogP contribution >= 0.6 is 0 Å². The fourth-order valence-corrected chi connectivity index (χ4v) is 4.26. The third kappa shape index (κ3) is 2.92. The van der Waals surface area contributed by atoms with Gasteiger partial charge in [-0.1, -0.05) is 6.92 Å². The lowest BCUT2D eigenvalue weighted by atomic mass is 9.76. The van der Waals surface area contributed by atoms with Gasteiger partial charge < -0.3 is 9.64 Å². The summed E-state index contributed by atoms with van der Waals surface area (Å²) >= 11 is 0. The summed E-state index contributed by atoms with van der Waals surface area (Å²) in [5, 5.41) is 6.97. The van der Waals surface area contributed by atoms with Gasteiger partial charge in [-0.3, -0.25) is 19.6 Å². The summed E-state index contributed by atoms with van der Waals surface area (Å²) in [6.45, 7) is 5.33. The third-order valence-electron chi connectivity index (χ3n) is 5.47. The number of esters is 1. The van der Waals surface area contributed by atoms with Crippen LogP contribution in [0, 0.1) is 5.92 Å². The molecule has 132 valence electrons. The second-order valence-corrected chi connectivity index (χ2v) is 6.79. The van der Waals surface area contributed by atoms with Crippen LogP contribution in [0.2, 0.25) is 0 Å². The van der Waals surface area contributed by atoms with Crippen LogP contribution in [0.3, 0.4) is 0 Å². The fraction of sp³-hybridized carbons (Fsp3) is 0.706. The average Bonchev–Trinajstić information content (AvgIpc) is 3.19. The van der Waals surface area contributed by atoms with Crippen molar-refractivity contribution in [3.8, 4) is 0 Å². The summed E-state index contributed by atoms with van der Waals surface area (Å²) in [5.74, 6) is -0.492. The zero-order valence-electron chi connectivity index (χ0n) is 14.5. The van der Waals surface area contributed by atoms with Gasteiger partial charge in [0.1, 0.15) is 0 Å². The molecule has 1 aromatic heterocycles. The molecule has 1 spiro atoms. The van der Waals surface area contributed by atoms with E-state index in [0.717, 1.165) is 44.6 Å². The molecule has 0 bridgehead atoms. The highest BCUT2D eigenvalue weighted by atomic mass is 16.5. The summed E-state index contributed by atoms with van der Waals surface area (Å²) < 4.78 is 5.00. The normalized spacial score (nSPS) is 23.8. The van der Waals surface area contributed by atoms with Crippen molar-refractivity contribution in [2.24, 2.45) is 5.92 Å². The largest absolute Gasteiger partial charge is 0.469 e. The summed E-state index contributed by atoms with van der Waals surface area (Å²) in [6.07, 6.45) is 4.57. The summed E-state index contributed by atoms with van der Waals surface area (Å²) in [5.41, 5.74) is 0.716. The number of rotatable bonds is 5. The van der Waals surface area contributed by atoms with Crippen molar-refractivity contribution in [3.63, 3.8) is 0 Å². The number of aromatic nitrogens is 2. The van der Waals surface area contributed by atoms with Crippen molar-refractivity contribution in [2.75, 3.05) is 26.7 Å². The highest BCUT2D eigenvalue weighted by molar-refractivity contribution is 5.89. The highest BCUT2D eigenvalue weighted by Crippen LogP contribution is 2.44. The van der Waals surface area contributed by atoms with Gasteiger partial charge in [-0.05, 0) is 25.3 Å². The SMILES string of the molecule is CCCN1C(=O)CC(C(=O)OC)C12CCN(Cc1ccn[nH]1)CC2. The summed E-state index contributed by atoms with van der Waals surface area (Å²) in [4.78, 5) is 29.1. The Morgan fingerprint density at radius 1 is 1.46 bits per heavy atom. The predicted octanol–water partition coefficient (Wildman–Crippen LogP) is 1.18. The first kappa shape index (κ1) is 17.0. The topological polar surface area (TPSA) is 78.5 Å². The molecule has 2 aliphatic rings. The van der Waals surface area contributed by atoms with Crippen molar-refractivity contribution in [1.29, 1.82) is 0 Å². The minimum atomic E-state index is -0.370. The number of methoxy groups -OCH3 is 1. The first-order valence-electron chi connectivity index (χ1n) is 8.69. The van der Waals surface area contributed by atoms with Crippen LogP contribution in [-0.2, 0) is 20.9 Å². The van der Waals surface area contributed by atoms with Crippen LogP contribution in [0.5, 0.6) is 0 Å². The van der Waals surface area contributed by atoms with Gasteiger partial charge in [0, 0.05) is 44.5 Å². The number of aromatic amines is 1. The molecule has 0 radical (unpaired) electrons. The lowest BCUT2D eigenvalue weighted by Gasteiger charge is -2.47. The molecule has 0 saturated carbocycles. The first-order valence-corrected chi connectivity index (χ1v) is 8.69. The van der Waals surface area contributed by atoms with Gasteiger partial charge in [0.15, 0.2) is 0 Å². The Labute approximate surface area is 142 Å². The van der Waals surface area contributed by atoms with Crippen molar-refractivity contribution >= 4 is 11.9 Å². The van der Waals surface area contributed by atoms with E-state index in [-0.39, 0.29) is 29.8 Å². The van der Waals surface area contributed by atoms with Gasteiger partial charge in [-0.15, -0.1) is 0 Å². The van der Waals surface area contributed by atoms with E-state index in [1.54, 1.807) is 6.20 Å². The quantitative estimate of drug-likeness (QED) is 0.818.